The van der Waals surface area contributed by atoms with E-state index < -0.39 is 0 Å². The van der Waals surface area contributed by atoms with Gasteiger partial charge in [-0.1, -0.05) is 6.92 Å². The monoisotopic (exact) mass is 304 g/mol. The third-order valence-corrected chi connectivity index (χ3v) is 3.88. The number of hydrogen-bond acceptors (Lipinski definition) is 6. The van der Waals surface area contributed by atoms with Crippen molar-refractivity contribution in [3.63, 3.8) is 0 Å². The van der Waals surface area contributed by atoms with E-state index in [1.165, 1.54) is 6.33 Å². The van der Waals surface area contributed by atoms with Gasteiger partial charge in [-0.2, -0.15) is 0 Å². The maximum Gasteiger partial charge on any atom is 0.242 e. The predicted octanol–water partition coefficient (Wildman–Crippen LogP) is 0.426. The summed E-state index contributed by atoms with van der Waals surface area (Å²) in [7, 11) is 1.85. The van der Waals surface area contributed by atoms with E-state index in [2.05, 4.69) is 26.9 Å². The molecule has 118 valence electrons. The van der Waals surface area contributed by atoms with Gasteiger partial charge in [0.2, 0.25) is 5.91 Å². The molecule has 8 nitrogen and oxygen atoms in total. The van der Waals surface area contributed by atoms with Crippen LogP contribution in [0.2, 0.25) is 0 Å². The predicted molar refractivity (Wildman–Crippen MR) is 81.6 cm³/mol. The minimum atomic E-state index is 0.0792. The second kappa shape index (κ2) is 6.27. The lowest BCUT2D eigenvalue weighted by molar-refractivity contribution is -0.137. The number of imidazole rings is 1. The maximum absolute atomic E-state index is 12.5. The first-order valence-electron chi connectivity index (χ1n) is 7.43. The zero-order chi connectivity index (χ0) is 15.5. The Hall–Kier alpha value is -2.22. The first-order valence-corrected chi connectivity index (χ1v) is 7.43. The number of morpholine rings is 1. The summed E-state index contributed by atoms with van der Waals surface area (Å²) >= 11 is 0. The lowest BCUT2D eigenvalue weighted by atomic mass is 10.2. The van der Waals surface area contributed by atoms with E-state index >= 15 is 0 Å². The number of fused-ring (bicyclic) bond motifs is 1. The van der Waals surface area contributed by atoms with Crippen LogP contribution in [0, 0.1) is 0 Å². The maximum atomic E-state index is 12.5. The first-order chi connectivity index (χ1) is 10.7. The molecule has 3 heterocycles. The number of aromatic nitrogens is 4. The van der Waals surface area contributed by atoms with Gasteiger partial charge in [-0.25, -0.2) is 15.0 Å². The third kappa shape index (κ3) is 2.87. The molecule has 8 heteroatoms. The van der Waals surface area contributed by atoms with Gasteiger partial charge in [0.05, 0.1) is 25.6 Å². The molecule has 0 spiro atoms. The van der Waals surface area contributed by atoms with Crippen LogP contribution in [-0.2, 0) is 9.53 Å². The van der Waals surface area contributed by atoms with Crippen LogP contribution >= 0.6 is 0 Å². The first kappa shape index (κ1) is 14.7. The number of carbonyl (C=O) groups excluding carboxylic acids is 1. The minimum Gasteiger partial charge on any atom is -0.375 e. The smallest absolute Gasteiger partial charge is 0.242 e. The second-order valence-electron chi connectivity index (χ2n) is 5.40. The van der Waals surface area contributed by atoms with Crippen LogP contribution in [0.4, 0.5) is 5.82 Å². The molecule has 22 heavy (non-hydrogen) atoms. The Bertz CT molecular complexity index is 658. The molecule has 0 aliphatic carbocycles. The van der Waals surface area contributed by atoms with Crippen LogP contribution < -0.4 is 4.90 Å². The summed E-state index contributed by atoms with van der Waals surface area (Å²) in [5.41, 5.74) is 1.34. The van der Waals surface area contributed by atoms with E-state index in [-0.39, 0.29) is 18.6 Å². The summed E-state index contributed by atoms with van der Waals surface area (Å²) in [5.74, 6) is 0.756. The van der Waals surface area contributed by atoms with Crippen molar-refractivity contribution in [3.05, 3.63) is 12.7 Å². The van der Waals surface area contributed by atoms with E-state index in [1.54, 1.807) is 6.33 Å². The topological polar surface area (TPSA) is 87.2 Å². The largest absolute Gasteiger partial charge is 0.375 e. The number of rotatable bonds is 4. The molecule has 2 aromatic rings. The Morgan fingerprint density at radius 1 is 1.50 bits per heavy atom. The van der Waals surface area contributed by atoms with Crippen molar-refractivity contribution >= 4 is 22.9 Å². The van der Waals surface area contributed by atoms with E-state index in [0.717, 1.165) is 11.9 Å². The van der Waals surface area contributed by atoms with E-state index in [4.69, 9.17) is 4.74 Å². The number of H-pyrrole nitrogens is 1. The van der Waals surface area contributed by atoms with Crippen LogP contribution in [0.1, 0.15) is 13.3 Å². The molecule has 0 bridgehead atoms. The number of aromatic amines is 1. The van der Waals surface area contributed by atoms with Crippen molar-refractivity contribution in [2.75, 3.05) is 38.2 Å². The van der Waals surface area contributed by atoms with Crippen molar-refractivity contribution in [1.82, 2.24) is 24.8 Å². The van der Waals surface area contributed by atoms with Gasteiger partial charge in [0.1, 0.15) is 11.8 Å². The average Bonchev–Trinajstić information content (AvgIpc) is 3.03. The Morgan fingerprint density at radius 3 is 3.18 bits per heavy atom. The standard InChI is InChI=1S/C14H20N6O2/c1-3-10-6-20(4-5-22-10)11(21)7-19(2)14-12-13(16-8-15-12)17-9-18-14/h8-10H,3-7H2,1-2H3,(H,15,16,17,18)/t10-/m0/s1. The summed E-state index contributed by atoms with van der Waals surface area (Å²) in [4.78, 5) is 31.6. The molecule has 1 fully saturated rings. The summed E-state index contributed by atoms with van der Waals surface area (Å²) in [6, 6.07) is 0. The molecule has 2 aromatic heterocycles. The van der Waals surface area contributed by atoms with Gasteiger partial charge in [0.25, 0.3) is 0 Å². The SMILES string of the molecule is CC[C@H]1CN(C(=O)CN(C)c2ncnc3nc[nH]c23)CCO1. The number of nitrogens with zero attached hydrogens (tertiary/aromatic N) is 5. The molecule has 1 N–H and O–H groups in total. The van der Waals surface area contributed by atoms with Gasteiger partial charge >= 0.3 is 0 Å². The van der Waals surface area contributed by atoms with Crippen molar-refractivity contribution < 1.29 is 9.53 Å². The number of carbonyl (C=O) groups is 1. The Kier molecular flexibility index (Phi) is 4.19. The molecule has 3 rings (SSSR count). The van der Waals surface area contributed by atoms with Crippen molar-refractivity contribution in [2.24, 2.45) is 0 Å². The van der Waals surface area contributed by atoms with Gasteiger partial charge in [-0.3, -0.25) is 4.79 Å². The highest BCUT2D eigenvalue weighted by molar-refractivity contribution is 5.87. The fourth-order valence-electron chi connectivity index (χ4n) is 2.61. The van der Waals surface area contributed by atoms with Gasteiger partial charge in [-0.05, 0) is 6.42 Å². The van der Waals surface area contributed by atoms with Crippen LogP contribution in [0.3, 0.4) is 0 Å². The number of anilines is 1. The van der Waals surface area contributed by atoms with E-state index in [1.807, 2.05) is 16.8 Å². The number of ether oxygens (including phenoxy) is 1. The summed E-state index contributed by atoms with van der Waals surface area (Å²) in [6.45, 7) is 4.24. The fourth-order valence-corrected chi connectivity index (χ4v) is 2.61. The molecular formula is C14H20N6O2. The average molecular weight is 304 g/mol. The van der Waals surface area contributed by atoms with Crippen molar-refractivity contribution in [1.29, 1.82) is 0 Å². The highest BCUT2D eigenvalue weighted by Crippen LogP contribution is 2.18. The van der Waals surface area contributed by atoms with Crippen molar-refractivity contribution in [2.45, 2.75) is 19.4 Å². The lowest BCUT2D eigenvalue weighted by Crippen LogP contribution is -2.48. The van der Waals surface area contributed by atoms with Gasteiger partial charge < -0.3 is 19.5 Å². The summed E-state index contributed by atoms with van der Waals surface area (Å²) in [5, 5.41) is 0. The minimum absolute atomic E-state index is 0.0792. The van der Waals surface area contributed by atoms with E-state index in [0.29, 0.717) is 31.2 Å². The lowest BCUT2D eigenvalue weighted by Gasteiger charge is -2.33. The highest BCUT2D eigenvalue weighted by Gasteiger charge is 2.24. The number of likely N-dealkylation sites (N-methyl/N-ethyl adjacent to an activating group) is 1. The number of amides is 1. The second-order valence-corrected chi connectivity index (χ2v) is 5.40. The quantitative estimate of drug-likeness (QED) is 0.881. The zero-order valence-electron chi connectivity index (χ0n) is 12.8. The highest BCUT2D eigenvalue weighted by atomic mass is 16.5. The van der Waals surface area contributed by atoms with Gasteiger partial charge in [0.15, 0.2) is 11.5 Å². The Morgan fingerprint density at radius 2 is 2.36 bits per heavy atom. The molecule has 0 aromatic carbocycles. The van der Waals surface area contributed by atoms with E-state index in [9.17, 15) is 4.79 Å². The van der Waals surface area contributed by atoms with Gasteiger partial charge in [0, 0.05) is 20.1 Å². The fraction of sp³-hybridized carbons (Fsp3) is 0.571. The van der Waals surface area contributed by atoms with Crippen LogP contribution in [0.25, 0.3) is 11.2 Å². The summed E-state index contributed by atoms with van der Waals surface area (Å²) < 4.78 is 5.60. The van der Waals surface area contributed by atoms with Crippen molar-refractivity contribution in [3.8, 4) is 0 Å². The van der Waals surface area contributed by atoms with Gasteiger partial charge in [-0.15, -0.1) is 0 Å². The number of nitrogens with one attached hydrogen (secondary N) is 1. The molecule has 1 amide bonds. The van der Waals surface area contributed by atoms with Crippen LogP contribution in [-0.4, -0.2) is 70.1 Å². The molecule has 0 saturated carbocycles. The zero-order valence-corrected chi connectivity index (χ0v) is 12.8. The molecule has 0 unspecified atom stereocenters. The Balaban J connectivity index is 1.69. The summed E-state index contributed by atoms with van der Waals surface area (Å²) in [6.07, 6.45) is 4.09. The van der Waals surface area contributed by atoms with Crippen LogP contribution in [0.5, 0.6) is 0 Å². The number of hydrogen-bond donors (Lipinski definition) is 1. The molecule has 1 aliphatic heterocycles. The third-order valence-electron chi connectivity index (χ3n) is 3.88. The van der Waals surface area contributed by atoms with Crippen LogP contribution in [0.15, 0.2) is 12.7 Å². The Labute approximate surface area is 128 Å². The molecule has 1 atom stereocenters. The normalized spacial score (nSPS) is 18.6. The molecule has 1 saturated heterocycles. The molecule has 0 radical (unpaired) electrons. The molecular weight excluding hydrogens is 284 g/mol. The molecule has 1 aliphatic rings.